The van der Waals surface area contributed by atoms with E-state index >= 15 is 0 Å². The van der Waals surface area contributed by atoms with Gasteiger partial charge in [0, 0.05) is 12.8 Å². The summed E-state index contributed by atoms with van der Waals surface area (Å²) in [4.78, 5) is 35.6. The van der Waals surface area contributed by atoms with Crippen LogP contribution in [0.25, 0.3) is 0 Å². The van der Waals surface area contributed by atoms with Crippen molar-refractivity contribution in [2.75, 3.05) is 47.5 Å². The first kappa shape index (κ1) is 66.4. The molecule has 2 atom stereocenters. The summed E-state index contributed by atoms with van der Waals surface area (Å²) in [6, 6.07) is 0. The maximum absolute atomic E-state index is 12.8. The molecule has 0 rings (SSSR count). The Morgan fingerprint density at radius 3 is 1.21 bits per heavy atom. The molecule has 0 spiro atoms. The van der Waals surface area contributed by atoms with Gasteiger partial charge in [-0.25, -0.2) is 4.57 Å². The number of phosphoric ester groups is 1. The van der Waals surface area contributed by atoms with Crippen LogP contribution in [0.4, 0.5) is 0 Å². The van der Waals surface area contributed by atoms with Crippen molar-refractivity contribution in [2.45, 2.75) is 200 Å². The summed E-state index contributed by atoms with van der Waals surface area (Å²) in [5, 5.41) is 0. The van der Waals surface area contributed by atoms with Gasteiger partial charge in [-0.2, -0.15) is 0 Å². The molecule has 9 nitrogen and oxygen atoms in total. The molecule has 0 heterocycles. The highest BCUT2D eigenvalue weighted by molar-refractivity contribution is 7.47. The normalized spacial score (nSPS) is 14.3. The monoisotopic (exact) mass is 995 g/mol. The summed E-state index contributed by atoms with van der Waals surface area (Å²) in [6.07, 6.45) is 71.1. The number of hydrogen-bond acceptors (Lipinski definition) is 7. The lowest BCUT2D eigenvalue weighted by Crippen LogP contribution is -2.37. The zero-order valence-corrected chi connectivity index (χ0v) is 45.8. The number of carbonyl (C=O) groups is 2. The zero-order valence-electron chi connectivity index (χ0n) is 45.0. The topological polar surface area (TPSA) is 108 Å². The van der Waals surface area contributed by atoms with E-state index in [1.54, 1.807) is 0 Å². The highest BCUT2D eigenvalue weighted by atomic mass is 31.2. The fraction of sp³-hybridized carbons (Fsp3) is 0.633. The van der Waals surface area contributed by atoms with Crippen molar-refractivity contribution < 1.29 is 42.1 Å². The predicted octanol–water partition coefficient (Wildman–Crippen LogP) is 16.8. The molecule has 398 valence electrons. The molecule has 10 heteroatoms. The van der Waals surface area contributed by atoms with Crippen LogP contribution in [-0.4, -0.2) is 74.9 Å². The van der Waals surface area contributed by atoms with Crippen molar-refractivity contribution in [3.05, 3.63) is 122 Å². The molecule has 0 aromatic heterocycles. The minimum absolute atomic E-state index is 0.0193. The minimum atomic E-state index is -4.40. The van der Waals surface area contributed by atoms with Gasteiger partial charge < -0.3 is 18.9 Å². The van der Waals surface area contributed by atoms with E-state index in [1.807, 2.05) is 21.1 Å². The van der Waals surface area contributed by atoms with Crippen molar-refractivity contribution in [3.63, 3.8) is 0 Å². The molecule has 2 unspecified atom stereocenters. The largest absolute Gasteiger partial charge is 0.472 e. The molecule has 0 aromatic carbocycles. The first-order valence-electron chi connectivity index (χ1n) is 27.3. The number of unbranched alkanes of at least 4 members (excludes halogenated alkanes) is 14. The third-order valence-electron chi connectivity index (χ3n) is 11.0. The van der Waals surface area contributed by atoms with Gasteiger partial charge in [0.15, 0.2) is 6.10 Å². The molecule has 0 aliphatic rings. The third kappa shape index (κ3) is 53.8. The zero-order chi connectivity index (χ0) is 51.3. The molecule has 0 aromatic rings. The molecule has 0 aliphatic heterocycles. The van der Waals surface area contributed by atoms with Gasteiger partial charge in [0.05, 0.1) is 27.7 Å². The molecule has 0 saturated heterocycles. The standard InChI is InChI=1S/C60H100NO8P/c1-6-8-10-12-14-16-18-20-22-23-24-25-26-27-28-29-30-31-32-33-34-35-36-37-39-41-43-45-47-49-51-53-60(63)69-58(57-68-70(64,65)67-55-54-61(3,4)5)56-66-59(62)52-50-48-46-44-42-40-38-21-19-17-15-13-11-9-7-2/h8,10,14-17,20-22,24-25,27-28,30-31,33-34,36-38,58H,6-7,9,11-13,18-19,23,26,29,32,35,39-57H2,1-5H3/p+1/b10-8-,16-14-,17-15-,22-20-,25-24-,28-27-,31-30-,34-33-,37-36-,38-21-. The van der Waals surface area contributed by atoms with Crippen molar-refractivity contribution in [2.24, 2.45) is 0 Å². The predicted molar refractivity (Wildman–Crippen MR) is 297 cm³/mol. The first-order chi connectivity index (χ1) is 34.0. The number of carbonyl (C=O) groups excluding carboxylic acids is 2. The van der Waals surface area contributed by atoms with E-state index < -0.39 is 32.5 Å². The number of likely N-dealkylation sites (N-methyl/N-ethyl adjacent to an activating group) is 1. The summed E-state index contributed by atoms with van der Waals surface area (Å²) in [7, 11) is 1.44. The van der Waals surface area contributed by atoms with Gasteiger partial charge in [-0.15, -0.1) is 0 Å². The van der Waals surface area contributed by atoms with Crippen LogP contribution in [0.15, 0.2) is 122 Å². The molecule has 1 N–H and O–H groups in total. The van der Waals surface area contributed by atoms with Crippen LogP contribution in [0.3, 0.4) is 0 Å². The van der Waals surface area contributed by atoms with Crippen molar-refractivity contribution in [1.29, 1.82) is 0 Å². The first-order valence-corrected chi connectivity index (χ1v) is 28.8. The van der Waals surface area contributed by atoms with E-state index in [0.717, 1.165) is 128 Å². The Morgan fingerprint density at radius 2 is 0.814 bits per heavy atom. The van der Waals surface area contributed by atoms with E-state index in [-0.39, 0.29) is 26.1 Å². The third-order valence-corrected chi connectivity index (χ3v) is 12.0. The second-order valence-corrected chi connectivity index (χ2v) is 20.3. The van der Waals surface area contributed by atoms with Gasteiger partial charge in [0.25, 0.3) is 0 Å². The highest BCUT2D eigenvalue weighted by Crippen LogP contribution is 2.43. The van der Waals surface area contributed by atoms with Crippen molar-refractivity contribution in [1.82, 2.24) is 0 Å². The van der Waals surface area contributed by atoms with Crippen LogP contribution in [0.1, 0.15) is 194 Å². The fourth-order valence-electron chi connectivity index (χ4n) is 6.76. The van der Waals surface area contributed by atoms with E-state index in [0.29, 0.717) is 23.9 Å². The summed E-state index contributed by atoms with van der Waals surface area (Å²) in [5.41, 5.74) is 0. The van der Waals surface area contributed by atoms with Gasteiger partial charge in [0.1, 0.15) is 19.8 Å². The molecule has 0 fully saturated rings. The van der Waals surface area contributed by atoms with E-state index in [1.165, 1.54) is 25.7 Å². The number of quaternary nitrogens is 1. The fourth-order valence-corrected chi connectivity index (χ4v) is 7.51. The average Bonchev–Trinajstić information content (AvgIpc) is 3.32. The lowest BCUT2D eigenvalue weighted by atomic mass is 10.1. The van der Waals surface area contributed by atoms with Crippen LogP contribution in [0.5, 0.6) is 0 Å². The van der Waals surface area contributed by atoms with Crippen LogP contribution < -0.4 is 0 Å². The average molecular weight is 995 g/mol. The lowest BCUT2D eigenvalue weighted by Gasteiger charge is -2.24. The molecule has 0 bridgehead atoms. The van der Waals surface area contributed by atoms with Crippen LogP contribution in [0, 0.1) is 0 Å². The minimum Gasteiger partial charge on any atom is -0.462 e. The Kier molecular flexibility index (Phi) is 47.8. The number of phosphoric acid groups is 1. The van der Waals surface area contributed by atoms with Gasteiger partial charge in [0.2, 0.25) is 0 Å². The second-order valence-electron chi connectivity index (χ2n) is 18.9. The van der Waals surface area contributed by atoms with E-state index in [4.69, 9.17) is 18.5 Å². The maximum atomic E-state index is 12.8. The quantitative estimate of drug-likeness (QED) is 0.0211. The molecular weight excluding hydrogens is 894 g/mol. The Balaban J connectivity index is 4.27. The smallest absolute Gasteiger partial charge is 0.462 e. The number of esters is 2. The van der Waals surface area contributed by atoms with Gasteiger partial charge in [-0.1, -0.05) is 193 Å². The number of nitrogens with zero attached hydrogens (tertiary/aromatic N) is 1. The Morgan fingerprint density at radius 1 is 0.457 bits per heavy atom. The summed E-state index contributed by atoms with van der Waals surface area (Å²) in [6.45, 7) is 4.23. The van der Waals surface area contributed by atoms with E-state index in [9.17, 15) is 19.0 Å². The number of allylic oxidation sites excluding steroid dienone is 20. The molecular formula is C60H101NO8P+. The molecule has 0 amide bonds. The Bertz CT molecular complexity index is 1590. The molecule has 0 saturated carbocycles. The van der Waals surface area contributed by atoms with Gasteiger partial charge in [-0.05, 0) is 109 Å². The van der Waals surface area contributed by atoms with Crippen LogP contribution in [-0.2, 0) is 32.7 Å². The summed E-state index contributed by atoms with van der Waals surface area (Å²) in [5.74, 6) is -0.841. The molecule has 0 aliphatic carbocycles. The summed E-state index contributed by atoms with van der Waals surface area (Å²) >= 11 is 0. The second kappa shape index (κ2) is 50.4. The van der Waals surface area contributed by atoms with Crippen LogP contribution >= 0.6 is 7.82 Å². The Labute approximate surface area is 428 Å². The van der Waals surface area contributed by atoms with Gasteiger partial charge in [-0.3, -0.25) is 18.6 Å². The summed E-state index contributed by atoms with van der Waals surface area (Å²) < 4.78 is 34.4. The van der Waals surface area contributed by atoms with Crippen molar-refractivity contribution in [3.8, 4) is 0 Å². The molecule has 0 radical (unpaired) electrons. The SMILES string of the molecule is CC/C=C\C/C=C\C/C=C\C/C=C\C/C=C\C/C=C\C/C=C\C/C=C\CCCCCCCCC(=O)OC(COC(=O)CCCCCCC/C=C\C/C=C\CCCCC)COP(=O)(O)OCC[N+](C)(C)C. The maximum Gasteiger partial charge on any atom is 0.472 e. The van der Waals surface area contributed by atoms with E-state index in [2.05, 4.69) is 135 Å². The number of hydrogen-bond donors (Lipinski definition) is 1. The molecule has 70 heavy (non-hydrogen) atoms. The number of rotatable bonds is 48. The van der Waals surface area contributed by atoms with Crippen molar-refractivity contribution >= 4 is 19.8 Å². The Hall–Kier alpha value is -3.59. The lowest BCUT2D eigenvalue weighted by molar-refractivity contribution is -0.870. The van der Waals surface area contributed by atoms with Gasteiger partial charge >= 0.3 is 19.8 Å². The van der Waals surface area contributed by atoms with Crippen LogP contribution in [0.2, 0.25) is 0 Å². The highest BCUT2D eigenvalue weighted by Gasteiger charge is 2.27. The number of ether oxygens (including phenoxy) is 2.